The normalized spacial score (nSPS) is 22.7. The molecule has 2 aliphatic carbocycles. The van der Waals surface area contributed by atoms with Crippen molar-refractivity contribution in [3.63, 3.8) is 0 Å². The fourth-order valence-corrected chi connectivity index (χ4v) is 1.57. The molecule has 0 aliphatic heterocycles. The van der Waals surface area contributed by atoms with Crippen molar-refractivity contribution in [2.24, 2.45) is 5.92 Å². The Morgan fingerprint density at radius 1 is 1.09 bits per heavy atom. The van der Waals surface area contributed by atoms with E-state index in [9.17, 15) is 0 Å². The highest BCUT2D eigenvalue weighted by molar-refractivity contribution is 5.31. The predicted molar refractivity (Wildman–Crippen MR) is 48.2 cm³/mol. The summed E-state index contributed by atoms with van der Waals surface area (Å²) < 4.78 is 0. The third kappa shape index (κ3) is 1.35. The van der Waals surface area contributed by atoms with Gasteiger partial charge >= 0.3 is 0 Å². The van der Waals surface area contributed by atoms with Gasteiger partial charge in [-0.1, -0.05) is 48.1 Å². The number of allylic oxidation sites excluding steroid dienone is 8. The van der Waals surface area contributed by atoms with E-state index in [2.05, 4.69) is 42.5 Å². The van der Waals surface area contributed by atoms with Gasteiger partial charge in [0.15, 0.2) is 0 Å². The van der Waals surface area contributed by atoms with Crippen LogP contribution in [0.15, 0.2) is 48.1 Å². The zero-order valence-corrected chi connectivity index (χ0v) is 6.53. The highest BCUT2D eigenvalue weighted by atomic mass is 14.1. The van der Waals surface area contributed by atoms with Gasteiger partial charge in [0.05, 0.1) is 0 Å². The number of rotatable bonds is 1. The lowest BCUT2D eigenvalue weighted by molar-refractivity contribution is 0.908. The monoisotopic (exact) mass is 144 g/mol. The van der Waals surface area contributed by atoms with Crippen LogP contribution in [-0.4, -0.2) is 0 Å². The molecule has 0 aromatic heterocycles. The third-order valence-electron chi connectivity index (χ3n) is 2.21. The maximum Gasteiger partial charge on any atom is 0.0166 e. The zero-order chi connectivity index (χ0) is 7.52. The molecule has 56 valence electrons. The van der Waals surface area contributed by atoms with Crippen LogP contribution in [0.2, 0.25) is 0 Å². The third-order valence-corrected chi connectivity index (χ3v) is 2.21. The molecule has 0 saturated carbocycles. The maximum absolute atomic E-state index is 2.34. The summed E-state index contributed by atoms with van der Waals surface area (Å²) in [7, 11) is 0. The van der Waals surface area contributed by atoms with Crippen LogP contribution in [0.5, 0.6) is 0 Å². The summed E-state index contributed by atoms with van der Waals surface area (Å²) in [6, 6.07) is 0. The van der Waals surface area contributed by atoms with Crippen LogP contribution in [0, 0.1) is 5.92 Å². The minimum absolute atomic E-state index is 0.597. The molecule has 0 N–H and O–H groups in total. The SMILES string of the molecule is C1=CC(C2=CCC=CC2)C=C1. The van der Waals surface area contributed by atoms with Crippen LogP contribution in [0.4, 0.5) is 0 Å². The molecule has 0 fully saturated rings. The average molecular weight is 144 g/mol. The highest BCUT2D eigenvalue weighted by Gasteiger charge is 2.09. The van der Waals surface area contributed by atoms with Crippen molar-refractivity contribution in [3.05, 3.63) is 48.1 Å². The molecule has 0 saturated heterocycles. The summed E-state index contributed by atoms with van der Waals surface area (Å²) in [5.41, 5.74) is 1.55. The Hall–Kier alpha value is -1.04. The summed E-state index contributed by atoms with van der Waals surface area (Å²) in [6.45, 7) is 0. The van der Waals surface area contributed by atoms with Gasteiger partial charge in [-0.3, -0.25) is 0 Å². The van der Waals surface area contributed by atoms with E-state index in [1.54, 1.807) is 5.57 Å². The van der Waals surface area contributed by atoms with Gasteiger partial charge < -0.3 is 0 Å². The first-order valence-corrected chi connectivity index (χ1v) is 4.16. The number of hydrogen-bond donors (Lipinski definition) is 0. The molecule has 0 bridgehead atoms. The van der Waals surface area contributed by atoms with E-state index < -0.39 is 0 Å². The van der Waals surface area contributed by atoms with Gasteiger partial charge in [0.2, 0.25) is 0 Å². The molecule has 0 aromatic rings. The first-order valence-electron chi connectivity index (χ1n) is 4.16. The second-order valence-electron chi connectivity index (χ2n) is 2.99. The van der Waals surface area contributed by atoms with Crippen LogP contribution in [0.3, 0.4) is 0 Å². The minimum Gasteiger partial charge on any atom is -0.0844 e. The van der Waals surface area contributed by atoms with Crippen LogP contribution in [0.25, 0.3) is 0 Å². The summed E-state index contributed by atoms with van der Waals surface area (Å²) >= 11 is 0. The Balaban J connectivity index is 2.10. The summed E-state index contributed by atoms with van der Waals surface area (Å²) in [6.07, 6.45) is 17.8. The molecule has 11 heavy (non-hydrogen) atoms. The van der Waals surface area contributed by atoms with Gasteiger partial charge in [0.1, 0.15) is 0 Å². The fraction of sp³-hybridized carbons (Fsp3) is 0.273. The molecule has 2 aliphatic rings. The van der Waals surface area contributed by atoms with Crippen LogP contribution >= 0.6 is 0 Å². The molecular formula is C11H12. The lowest BCUT2D eigenvalue weighted by Gasteiger charge is -2.11. The Morgan fingerprint density at radius 3 is 2.55 bits per heavy atom. The molecule has 2 rings (SSSR count). The summed E-state index contributed by atoms with van der Waals surface area (Å²) in [5.74, 6) is 0.597. The van der Waals surface area contributed by atoms with E-state index in [1.807, 2.05) is 0 Å². The Morgan fingerprint density at radius 2 is 1.91 bits per heavy atom. The molecule has 0 amide bonds. The first-order chi connectivity index (χ1) is 5.47. The topological polar surface area (TPSA) is 0 Å². The van der Waals surface area contributed by atoms with Gasteiger partial charge in [0, 0.05) is 5.92 Å². The van der Waals surface area contributed by atoms with Crippen LogP contribution in [0.1, 0.15) is 12.8 Å². The minimum atomic E-state index is 0.597. The Kier molecular flexibility index (Phi) is 1.76. The largest absolute Gasteiger partial charge is 0.0844 e. The standard InChI is InChI=1S/C11H12/c1-2-6-10(7-3-1)11-8-4-5-9-11/h1-2,4-5,7-9,11H,3,6H2. The van der Waals surface area contributed by atoms with Gasteiger partial charge in [-0.05, 0) is 12.8 Å². The van der Waals surface area contributed by atoms with Crippen molar-refractivity contribution in [3.8, 4) is 0 Å². The van der Waals surface area contributed by atoms with Crippen LogP contribution in [-0.2, 0) is 0 Å². The molecule has 0 nitrogen and oxygen atoms in total. The van der Waals surface area contributed by atoms with E-state index in [4.69, 9.17) is 0 Å². The Labute approximate surface area is 67.6 Å². The van der Waals surface area contributed by atoms with Crippen molar-refractivity contribution >= 4 is 0 Å². The lowest BCUT2D eigenvalue weighted by Crippen LogP contribution is -1.96. The molecule has 0 heteroatoms. The lowest BCUT2D eigenvalue weighted by atomic mass is 9.94. The summed E-state index contributed by atoms with van der Waals surface area (Å²) in [5, 5.41) is 0. The quantitative estimate of drug-likeness (QED) is 0.496. The van der Waals surface area contributed by atoms with Crippen LogP contribution < -0.4 is 0 Å². The van der Waals surface area contributed by atoms with Gasteiger partial charge in [-0.25, -0.2) is 0 Å². The van der Waals surface area contributed by atoms with Crippen molar-refractivity contribution < 1.29 is 0 Å². The maximum atomic E-state index is 2.34. The predicted octanol–water partition coefficient (Wildman–Crippen LogP) is 3.01. The highest BCUT2D eigenvalue weighted by Crippen LogP contribution is 2.24. The van der Waals surface area contributed by atoms with Gasteiger partial charge in [-0.15, -0.1) is 0 Å². The van der Waals surface area contributed by atoms with E-state index in [-0.39, 0.29) is 0 Å². The molecule has 0 aromatic carbocycles. The molecular weight excluding hydrogens is 132 g/mol. The van der Waals surface area contributed by atoms with E-state index in [0.29, 0.717) is 5.92 Å². The second kappa shape index (κ2) is 2.91. The smallest absolute Gasteiger partial charge is 0.0166 e. The van der Waals surface area contributed by atoms with Gasteiger partial charge in [-0.2, -0.15) is 0 Å². The molecule has 0 spiro atoms. The van der Waals surface area contributed by atoms with E-state index >= 15 is 0 Å². The second-order valence-corrected chi connectivity index (χ2v) is 2.99. The van der Waals surface area contributed by atoms with Gasteiger partial charge in [0.25, 0.3) is 0 Å². The van der Waals surface area contributed by atoms with Crippen molar-refractivity contribution in [2.45, 2.75) is 12.8 Å². The van der Waals surface area contributed by atoms with Crippen molar-refractivity contribution in [1.29, 1.82) is 0 Å². The molecule has 0 heterocycles. The number of hydrogen-bond acceptors (Lipinski definition) is 0. The fourth-order valence-electron chi connectivity index (χ4n) is 1.57. The van der Waals surface area contributed by atoms with Crippen molar-refractivity contribution in [1.82, 2.24) is 0 Å². The molecule has 0 radical (unpaired) electrons. The first kappa shape index (κ1) is 6.66. The molecule has 0 unspecified atom stereocenters. The summed E-state index contributed by atoms with van der Waals surface area (Å²) in [4.78, 5) is 0. The van der Waals surface area contributed by atoms with E-state index in [1.165, 1.54) is 0 Å². The van der Waals surface area contributed by atoms with Crippen molar-refractivity contribution in [2.75, 3.05) is 0 Å². The van der Waals surface area contributed by atoms with E-state index in [0.717, 1.165) is 12.8 Å². The average Bonchev–Trinajstić information content (AvgIpc) is 2.58. The zero-order valence-electron chi connectivity index (χ0n) is 6.53. The molecule has 0 atom stereocenters. The Bertz CT molecular complexity index is 239.